The third-order valence-corrected chi connectivity index (χ3v) is 4.43. The van der Waals surface area contributed by atoms with Crippen molar-refractivity contribution >= 4 is 17.1 Å². The van der Waals surface area contributed by atoms with E-state index in [-0.39, 0.29) is 33.8 Å². The summed E-state index contributed by atoms with van der Waals surface area (Å²) in [5.41, 5.74) is -2.95. The summed E-state index contributed by atoms with van der Waals surface area (Å²) in [6.07, 6.45) is 0. The lowest BCUT2D eigenvalue weighted by Gasteiger charge is -2.27. The normalized spacial score (nSPS) is 11.1. The summed E-state index contributed by atoms with van der Waals surface area (Å²) in [5, 5.41) is 32.7. The predicted octanol–water partition coefficient (Wildman–Crippen LogP) is 4.67. The van der Waals surface area contributed by atoms with Crippen LogP contribution in [0.1, 0.15) is 16.7 Å². The molecule has 3 aromatic rings. The molecule has 0 radical (unpaired) electrons. The van der Waals surface area contributed by atoms with Gasteiger partial charge in [0.2, 0.25) is 0 Å². The molecule has 0 N–H and O–H groups in total. The summed E-state index contributed by atoms with van der Waals surface area (Å²) >= 11 is 0. The van der Waals surface area contributed by atoms with Crippen LogP contribution < -0.4 is 0 Å². The van der Waals surface area contributed by atoms with Crippen LogP contribution in [-0.4, -0.2) is 14.8 Å². The molecular formula is C19H12FN3O6. The monoisotopic (exact) mass is 397 g/mol. The summed E-state index contributed by atoms with van der Waals surface area (Å²) in [6.45, 7) is 0. The van der Waals surface area contributed by atoms with Gasteiger partial charge in [-0.15, -0.1) is 0 Å². The number of nitro benzene ring substituents is 3. The van der Waals surface area contributed by atoms with E-state index in [4.69, 9.17) is 0 Å². The van der Waals surface area contributed by atoms with E-state index in [0.29, 0.717) is 0 Å². The highest BCUT2D eigenvalue weighted by atomic mass is 19.1. The van der Waals surface area contributed by atoms with Crippen molar-refractivity contribution in [1.82, 2.24) is 0 Å². The van der Waals surface area contributed by atoms with Gasteiger partial charge in [0.25, 0.3) is 17.1 Å². The summed E-state index contributed by atoms with van der Waals surface area (Å²) in [6, 6.07) is 14.3. The lowest BCUT2D eigenvalue weighted by Crippen LogP contribution is -2.23. The second-order valence-corrected chi connectivity index (χ2v) is 6.07. The second-order valence-electron chi connectivity index (χ2n) is 6.07. The molecule has 0 atom stereocenters. The van der Waals surface area contributed by atoms with Gasteiger partial charge in [0.1, 0.15) is 0 Å². The Kier molecular flexibility index (Phi) is 5.01. The molecule has 0 amide bonds. The number of halogens is 1. The third kappa shape index (κ3) is 3.63. The highest BCUT2D eigenvalue weighted by Crippen LogP contribution is 2.42. The zero-order valence-corrected chi connectivity index (χ0v) is 14.6. The Morgan fingerprint density at radius 2 is 0.724 bits per heavy atom. The van der Waals surface area contributed by atoms with E-state index in [1.165, 1.54) is 36.4 Å². The van der Waals surface area contributed by atoms with Gasteiger partial charge in [0.05, 0.1) is 14.8 Å². The highest BCUT2D eigenvalue weighted by molar-refractivity contribution is 5.52. The molecule has 146 valence electrons. The molecule has 0 spiro atoms. The van der Waals surface area contributed by atoms with Gasteiger partial charge < -0.3 is 0 Å². The quantitative estimate of drug-likeness (QED) is 0.337. The van der Waals surface area contributed by atoms with E-state index in [9.17, 15) is 30.3 Å². The first-order valence-electron chi connectivity index (χ1n) is 8.17. The molecule has 0 saturated heterocycles. The maximum absolute atomic E-state index is 16.5. The minimum atomic E-state index is -2.35. The molecular weight excluding hydrogens is 385 g/mol. The van der Waals surface area contributed by atoms with E-state index in [1.807, 2.05) is 0 Å². The first-order chi connectivity index (χ1) is 13.7. The van der Waals surface area contributed by atoms with Gasteiger partial charge in [-0.2, -0.15) is 0 Å². The predicted molar refractivity (Wildman–Crippen MR) is 100 cm³/mol. The van der Waals surface area contributed by atoms with Gasteiger partial charge in [-0.05, 0) is 53.1 Å². The van der Waals surface area contributed by atoms with E-state index in [0.717, 1.165) is 36.4 Å². The number of non-ortho nitro benzene ring substituents is 3. The maximum Gasteiger partial charge on any atom is 0.269 e. The van der Waals surface area contributed by atoms with Gasteiger partial charge in [-0.1, -0.05) is 0 Å². The van der Waals surface area contributed by atoms with Crippen molar-refractivity contribution in [2.45, 2.75) is 5.67 Å². The first-order valence-corrected chi connectivity index (χ1v) is 8.17. The fourth-order valence-electron chi connectivity index (χ4n) is 2.94. The number of rotatable bonds is 6. The molecule has 0 heterocycles. The molecule has 10 heteroatoms. The minimum absolute atomic E-state index is 0.0332. The summed E-state index contributed by atoms with van der Waals surface area (Å²) in [7, 11) is 0. The zero-order chi connectivity index (χ0) is 21.2. The van der Waals surface area contributed by atoms with Crippen LogP contribution in [-0.2, 0) is 5.67 Å². The molecule has 0 saturated carbocycles. The number of nitro groups is 3. The molecule has 0 aromatic heterocycles. The number of alkyl halides is 1. The van der Waals surface area contributed by atoms with E-state index >= 15 is 4.39 Å². The lowest BCUT2D eigenvalue weighted by molar-refractivity contribution is -0.385. The smallest absolute Gasteiger partial charge is 0.258 e. The van der Waals surface area contributed by atoms with Crippen LogP contribution in [0.3, 0.4) is 0 Å². The molecule has 3 rings (SSSR count). The Bertz CT molecular complexity index is 943. The van der Waals surface area contributed by atoms with E-state index in [1.54, 1.807) is 0 Å². The standard InChI is InChI=1S/C19H12FN3O6/c20-19(13-1-7-16(8-2-13)21(24)25,14-3-9-17(10-4-14)22(26)27)15-5-11-18(12-6-15)23(28)29/h1-12H. The van der Waals surface area contributed by atoms with Crippen LogP contribution in [0.2, 0.25) is 0 Å². The fourth-order valence-corrected chi connectivity index (χ4v) is 2.94. The van der Waals surface area contributed by atoms with Crippen molar-refractivity contribution in [1.29, 1.82) is 0 Å². The third-order valence-electron chi connectivity index (χ3n) is 4.43. The molecule has 29 heavy (non-hydrogen) atoms. The van der Waals surface area contributed by atoms with Gasteiger partial charge in [0, 0.05) is 36.4 Å². The Hall–Kier alpha value is -4.21. The van der Waals surface area contributed by atoms with Crippen LogP contribution in [0.25, 0.3) is 0 Å². The van der Waals surface area contributed by atoms with Crippen molar-refractivity contribution in [3.05, 3.63) is 120 Å². The van der Waals surface area contributed by atoms with Crippen molar-refractivity contribution in [2.75, 3.05) is 0 Å². The molecule has 0 unspecified atom stereocenters. The molecule has 0 aliphatic heterocycles. The van der Waals surface area contributed by atoms with Crippen LogP contribution in [0, 0.1) is 30.3 Å². The van der Waals surface area contributed by atoms with Gasteiger partial charge in [-0.3, -0.25) is 30.3 Å². The molecule has 0 aliphatic rings. The highest BCUT2D eigenvalue weighted by Gasteiger charge is 2.37. The van der Waals surface area contributed by atoms with Gasteiger partial charge >= 0.3 is 0 Å². The molecule has 0 bridgehead atoms. The topological polar surface area (TPSA) is 129 Å². The summed E-state index contributed by atoms with van der Waals surface area (Å²) < 4.78 is 16.5. The lowest BCUT2D eigenvalue weighted by atomic mass is 9.82. The zero-order valence-electron chi connectivity index (χ0n) is 14.6. The summed E-state index contributed by atoms with van der Waals surface area (Å²) in [5.74, 6) is 0. The average Bonchev–Trinajstić information content (AvgIpc) is 2.73. The van der Waals surface area contributed by atoms with Crippen molar-refractivity contribution in [3.8, 4) is 0 Å². The van der Waals surface area contributed by atoms with Crippen molar-refractivity contribution in [3.63, 3.8) is 0 Å². The SMILES string of the molecule is O=[N+]([O-])c1ccc(C(F)(c2ccc([N+](=O)[O-])cc2)c2ccc([N+](=O)[O-])cc2)cc1. The summed E-state index contributed by atoms with van der Waals surface area (Å²) in [4.78, 5) is 30.8. The first kappa shape index (κ1) is 19.5. The van der Waals surface area contributed by atoms with Crippen LogP contribution in [0.4, 0.5) is 21.5 Å². The average molecular weight is 397 g/mol. The van der Waals surface area contributed by atoms with Crippen LogP contribution >= 0.6 is 0 Å². The molecule has 3 aromatic carbocycles. The largest absolute Gasteiger partial charge is 0.269 e. The maximum atomic E-state index is 16.5. The Labute approximate surface area is 162 Å². The number of nitrogens with zero attached hydrogens (tertiary/aromatic N) is 3. The number of hydrogen-bond acceptors (Lipinski definition) is 6. The fraction of sp³-hybridized carbons (Fsp3) is 0.0526. The van der Waals surface area contributed by atoms with Gasteiger partial charge in [-0.25, -0.2) is 4.39 Å². The van der Waals surface area contributed by atoms with Crippen molar-refractivity contribution < 1.29 is 19.2 Å². The van der Waals surface area contributed by atoms with E-state index in [2.05, 4.69) is 0 Å². The number of hydrogen-bond donors (Lipinski definition) is 0. The second kappa shape index (κ2) is 7.43. The minimum Gasteiger partial charge on any atom is -0.258 e. The van der Waals surface area contributed by atoms with E-state index < -0.39 is 20.4 Å². The Morgan fingerprint density at radius 3 is 0.897 bits per heavy atom. The molecule has 0 aliphatic carbocycles. The molecule has 9 nitrogen and oxygen atoms in total. The number of benzene rings is 3. The Morgan fingerprint density at radius 1 is 0.517 bits per heavy atom. The van der Waals surface area contributed by atoms with Crippen molar-refractivity contribution in [2.24, 2.45) is 0 Å². The van der Waals surface area contributed by atoms with Crippen LogP contribution in [0.15, 0.2) is 72.8 Å². The van der Waals surface area contributed by atoms with Crippen LogP contribution in [0.5, 0.6) is 0 Å². The van der Waals surface area contributed by atoms with Gasteiger partial charge in [0.15, 0.2) is 5.67 Å². The Balaban J connectivity index is 2.18. The molecule has 0 fully saturated rings.